The van der Waals surface area contributed by atoms with Crippen LogP contribution in [0.1, 0.15) is 32.6 Å². The maximum absolute atomic E-state index is 8.17. The van der Waals surface area contributed by atoms with Crippen molar-refractivity contribution in [2.24, 2.45) is 5.11 Å². The largest absolute Gasteiger partial charge is 0.492 e. The topological polar surface area (TPSA) is 83.4 Å². The lowest BCUT2D eigenvalue weighted by atomic mass is 10.2. The Balaban J connectivity index is 1.64. The van der Waals surface area contributed by atoms with Crippen molar-refractivity contribution in [3.63, 3.8) is 0 Å². The van der Waals surface area contributed by atoms with Gasteiger partial charge in [0.15, 0.2) is 0 Å². The number of aromatic nitrogens is 1. The Labute approximate surface area is 137 Å². The molecule has 0 radical (unpaired) electrons. The minimum Gasteiger partial charge on any atom is -0.492 e. The number of hydrogen-bond donors (Lipinski definition) is 0. The number of anilines is 1. The normalized spacial score (nSPS) is 17.6. The SMILES string of the molecule is CC1CN(c2ccc(OCCCCCCN=[N+]=[N-])cn2)CCO1. The fourth-order valence-electron chi connectivity index (χ4n) is 2.54. The number of hydrogen-bond acceptors (Lipinski definition) is 5. The summed E-state index contributed by atoms with van der Waals surface area (Å²) in [5, 5.41) is 3.52. The number of nitrogens with zero attached hydrogens (tertiary/aromatic N) is 5. The van der Waals surface area contributed by atoms with E-state index in [-0.39, 0.29) is 6.10 Å². The zero-order valence-electron chi connectivity index (χ0n) is 13.7. The quantitative estimate of drug-likeness (QED) is 0.301. The van der Waals surface area contributed by atoms with E-state index < -0.39 is 0 Å². The Morgan fingerprint density at radius 3 is 3.00 bits per heavy atom. The van der Waals surface area contributed by atoms with Gasteiger partial charge < -0.3 is 14.4 Å². The van der Waals surface area contributed by atoms with Gasteiger partial charge in [-0.05, 0) is 37.4 Å². The Bertz CT molecular complexity index is 502. The van der Waals surface area contributed by atoms with E-state index in [2.05, 4.69) is 26.8 Å². The van der Waals surface area contributed by atoms with Gasteiger partial charge in [0.25, 0.3) is 0 Å². The highest BCUT2D eigenvalue weighted by atomic mass is 16.5. The predicted molar refractivity (Wildman–Crippen MR) is 89.8 cm³/mol. The molecule has 2 heterocycles. The maximum atomic E-state index is 8.17. The molecule has 0 aromatic carbocycles. The number of morpholine rings is 1. The molecule has 23 heavy (non-hydrogen) atoms. The second-order valence-corrected chi connectivity index (χ2v) is 5.70. The van der Waals surface area contributed by atoms with Crippen molar-refractivity contribution in [1.29, 1.82) is 0 Å². The van der Waals surface area contributed by atoms with Crippen LogP contribution in [0.25, 0.3) is 10.4 Å². The second kappa shape index (κ2) is 9.92. The Morgan fingerprint density at radius 2 is 2.26 bits per heavy atom. The zero-order chi connectivity index (χ0) is 16.3. The van der Waals surface area contributed by atoms with Gasteiger partial charge in [-0.3, -0.25) is 0 Å². The van der Waals surface area contributed by atoms with Crippen molar-refractivity contribution in [2.75, 3.05) is 37.7 Å². The first kappa shape index (κ1) is 17.4. The number of ether oxygens (including phenoxy) is 2. The highest BCUT2D eigenvalue weighted by Crippen LogP contribution is 2.18. The van der Waals surface area contributed by atoms with Gasteiger partial charge in [0, 0.05) is 24.5 Å². The lowest BCUT2D eigenvalue weighted by Gasteiger charge is -2.32. The van der Waals surface area contributed by atoms with Gasteiger partial charge in [0.05, 0.1) is 25.5 Å². The Hall–Kier alpha value is -1.98. The van der Waals surface area contributed by atoms with Crippen LogP contribution in [-0.2, 0) is 4.74 Å². The monoisotopic (exact) mass is 319 g/mol. The van der Waals surface area contributed by atoms with Gasteiger partial charge in [0.1, 0.15) is 11.6 Å². The molecule has 1 aromatic heterocycles. The maximum Gasteiger partial charge on any atom is 0.137 e. The molecule has 1 unspecified atom stereocenters. The highest BCUT2D eigenvalue weighted by Gasteiger charge is 2.17. The summed E-state index contributed by atoms with van der Waals surface area (Å²) in [5.41, 5.74) is 8.17. The Morgan fingerprint density at radius 1 is 1.39 bits per heavy atom. The molecule has 1 saturated heterocycles. The van der Waals surface area contributed by atoms with Gasteiger partial charge in [0.2, 0.25) is 0 Å². The molecule has 126 valence electrons. The summed E-state index contributed by atoms with van der Waals surface area (Å²) in [7, 11) is 0. The van der Waals surface area contributed by atoms with Gasteiger partial charge in [-0.1, -0.05) is 18.0 Å². The van der Waals surface area contributed by atoms with E-state index in [4.69, 9.17) is 15.0 Å². The third-order valence-electron chi connectivity index (χ3n) is 3.77. The van der Waals surface area contributed by atoms with E-state index in [0.29, 0.717) is 13.2 Å². The molecule has 0 N–H and O–H groups in total. The average Bonchev–Trinajstić information content (AvgIpc) is 2.58. The minimum atomic E-state index is 0.250. The fourth-order valence-corrected chi connectivity index (χ4v) is 2.54. The van der Waals surface area contributed by atoms with Crippen LogP contribution < -0.4 is 9.64 Å². The molecule has 0 amide bonds. The van der Waals surface area contributed by atoms with Gasteiger partial charge in [-0.25, -0.2) is 4.98 Å². The summed E-state index contributed by atoms with van der Waals surface area (Å²) in [6.07, 6.45) is 6.13. The standard InChI is InChI=1S/C16H25N5O2/c1-14-13-21(9-11-22-14)16-7-6-15(12-18-16)23-10-5-3-2-4-8-19-20-17/h6-7,12,14H,2-5,8-11,13H2,1H3. The average molecular weight is 319 g/mol. The summed E-state index contributed by atoms with van der Waals surface area (Å²) >= 11 is 0. The molecule has 1 atom stereocenters. The molecule has 2 rings (SSSR count). The summed E-state index contributed by atoms with van der Waals surface area (Å²) in [4.78, 5) is 9.46. The van der Waals surface area contributed by atoms with Crippen LogP contribution >= 0.6 is 0 Å². The van der Waals surface area contributed by atoms with Crippen LogP contribution in [0.5, 0.6) is 5.75 Å². The number of azide groups is 1. The van der Waals surface area contributed by atoms with Gasteiger partial charge in [-0.15, -0.1) is 0 Å². The lowest BCUT2D eigenvalue weighted by Crippen LogP contribution is -2.41. The van der Waals surface area contributed by atoms with E-state index in [0.717, 1.165) is 56.9 Å². The molecule has 1 aliphatic heterocycles. The molecular weight excluding hydrogens is 294 g/mol. The Kier molecular flexibility index (Phi) is 7.49. The highest BCUT2D eigenvalue weighted by molar-refractivity contribution is 5.41. The van der Waals surface area contributed by atoms with Gasteiger partial charge >= 0.3 is 0 Å². The lowest BCUT2D eigenvalue weighted by molar-refractivity contribution is 0.0529. The molecule has 1 aromatic rings. The molecular formula is C16H25N5O2. The first-order chi connectivity index (χ1) is 11.3. The zero-order valence-corrected chi connectivity index (χ0v) is 13.7. The van der Waals surface area contributed by atoms with Crippen molar-refractivity contribution in [3.8, 4) is 5.75 Å². The van der Waals surface area contributed by atoms with Crippen LogP contribution in [0.4, 0.5) is 5.82 Å². The third-order valence-corrected chi connectivity index (χ3v) is 3.77. The molecule has 1 fully saturated rings. The fraction of sp³-hybridized carbons (Fsp3) is 0.688. The van der Waals surface area contributed by atoms with Crippen LogP contribution in [0.15, 0.2) is 23.4 Å². The van der Waals surface area contributed by atoms with E-state index in [9.17, 15) is 0 Å². The summed E-state index contributed by atoms with van der Waals surface area (Å²) in [5.74, 6) is 1.79. The van der Waals surface area contributed by atoms with Crippen LogP contribution in [0.3, 0.4) is 0 Å². The molecule has 1 aliphatic rings. The summed E-state index contributed by atoms with van der Waals surface area (Å²) in [6, 6.07) is 3.98. The third kappa shape index (κ3) is 6.34. The van der Waals surface area contributed by atoms with E-state index >= 15 is 0 Å². The molecule has 0 aliphatic carbocycles. The first-order valence-electron chi connectivity index (χ1n) is 8.26. The van der Waals surface area contributed by atoms with Gasteiger partial charge in [-0.2, -0.15) is 0 Å². The van der Waals surface area contributed by atoms with Crippen LogP contribution in [0, 0.1) is 0 Å². The molecule has 0 bridgehead atoms. The van der Waals surface area contributed by atoms with Crippen LogP contribution in [0.2, 0.25) is 0 Å². The van der Waals surface area contributed by atoms with Crippen molar-refractivity contribution in [3.05, 3.63) is 28.8 Å². The predicted octanol–water partition coefficient (Wildman–Crippen LogP) is 3.56. The molecule has 7 nitrogen and oxygen atoms in total. The van der Waals surface area contributed by atoms with Crippen molar-refractivity contribution >= 4 is 5.82 Å². The minimum absolute atomic E-state index is 0.250. The molecule has 0 saturated carbocycles. The molecule has 0 spiro atoms. The summed E-state index contributed by atoms with van der Waals surface area (Å²) in [6.45, 7) is 5.87. The second-order valence-electron chi connectivity index (χ2n) is 5.70. The van der Waals surface area contributed by atoms with E-state index in [1.54, 1.807) is 6.20 Å². The van der Waals surface area contributed by atoms with E-state index in [1.807, 2.05) is 12.1 Å². The van der Waals surface area contributed by atoms with Crippen molar-refractivity contribution < 1.29 is 9.47 Å². The number of unbranched alkanes of at least 4 members (excludes halogenated alkanes) is 3. The number of pyridine rings is 1. The smallest absolute Gasteiger partial charge is 0.137 e. The summed E-state index contributed by atoms with van der Waals surface area (Å²) < 4.78 is 11.3. The molecule has 7 heteroatoms. The first-order valence-corrected chi connectivity index (χ1v) is 8.26. The van der Waals surface area contributed by atoms with Crippen molar-refractivity contribution in [2.45, 2.75) is 38.7 Å². The number of rotatable bonds is 9. The van der Waals surface area contributed by atoms with Crippen LogP contribution in [-0.4, -0.2) is 43.9 Å². The van der Waals surface area contributed by atoms with Crippen molar-refractivity contribution in [1.82, 2.24) is 4.98 Å². The van der Waals surface area contributed by atoms with E-state index in [1.165, 1.54) is 0 Å².